The summed E-state index contributed by atoms with van der Waals surface area (Å²) in [7, 11) is 0. The van der Waals surface area contributed by atoms with Gasteiger partial charge in [0.2, 0.25) is 0 Å². The van der Waals surface area contributed by atoms with E-state index in [4.69, 9.17) is 9.47 Å². The normalized spacial score (nSPS) is 11.1. The van der Waals surface area contributed by atoms with Crippen molar-refractivity contribution in [2.24, 2.45) is 5.10 Å². The van der Waals surface area contributed by atoms with E-state index in [-0.39, 0.29) is 12.5 Å². The number of hydrazone groups is 1. The van der Waals surface area contributed by atoms with E-state index in [0.29, 0.717) is 11.5 Å². The van der Waals surface area contributed by atoms with Gasteiger partial charge in [0.25, 0.3) is 5.91 Å². The van der Waals surface area contributed by atoms with Gasteiger partial charge in [-0.1, -0.05) is 66.7 Å². The summed E-state index contributed by atoms with van der Waals surface area (Å²) in [6.07, 6.45) is 4.56. The van der Waals surface area contributed by atoms with E-state index in [9.17, 15) is 9.59 Å². The standard InChI is InChI=1S/C28H22N2O4/c31-27(20-33-26-12-6-10-23-9-4-5-11-25(23)26)30-29-19-22-13-16-24(17-14-22)34-28(32)18-15-21-7-2-1-3-8-21/h1-19H,20H2,(H,30,31)/b18-15+,29-19-. The third-order valence-corrected chi connectivity index (χ3v) is 4.82. The maximum atomic E-state index is 12.1. The van der Waals surface area contributed by atoms with E-state index in [0.717, 1.165) is 21.9 Å². The van der Waals surface area contributed by atoms with Crippen molar-refractivity contribution in [1.29, 1.82) is 0 Å². The number of hydrogen-bond donors (Lipinski definition) is 1. The second kappa shape index (κ2) is 11.2. The lowest BCUT2D eigenvalue weighted by molar-refractivity contribution is -0.129. The molecule has 6 nitrogen and oxygen atoms in total. The molecule has 0 aliphatic heterocycles. The van der Waals surface area contributed by atoms with Crippen molar-refractivity contribution in [3.63, 3.8) is 0 Å². The molecule has 0 fully saturated rings. The smallest absolute Gasteiger partial charge is 0.336 e. The third-order valence-electron chi connectivity index (χ3n) is 4.82. The van der Waals surface area contributed by atoms with Crippen LogP contribution < -0.4 is 14.9 Å². The zero-order valence-electron chi connectivity index (χ0n) is 18.3. The Morgan fingerprint density at radius 1 is 0.794 bits per heavy atom. The molecule has 0 aromatic heterocycles. The summed E-state index contributed by atoms with van der Waals surface area (Å²) in [5.41, 5.74) is 4.08. The summed E-state index contributed by atoms with van der Waals surface area (Å²) in [5.74, 6) is 0.206. The Kier molecular flexibility index (Phi) is 7.43. The highest BCUT2D eigenvalue weighted by atomic mass is 16.5. The van der Waals surface area contributed by atoms with Crippen molar-refractivity contribution in [2.45, 2.75) is 0 Å². The van der Waals surface area contributed by atoms with Crippen LogP contribution in [0.5, 0.6) is 11.5 Å². The fraction of sp³-hybridized carbons (Fsp3) is 0.0357. The Bertz CT molecular complexity index is 1320. The number of hydrogen-bond acceptors (Lipinski definition) is 5. The summed E-state index contributed by atoms with van der Waals surface area (Å²) in [6.45, 7) is -0.156. The van der Waals surface area contributed by atoms with E-state index >= 15 is 0 Å². The van der Waals surface area contributed by atoms with Gasteiger partial charge >= 0.3 is 5.97 Å². The summed E-state index contributed by atoms with van der Waals surface area (Å²) in [6, 6.07) is 29.8. The van der Waals surface area contributed by atoms with Gasteiger partial charge in [-0.15, -0.1) is 0 Å². The van der Waals surface area contributed by atoms with Gasteiger partial charge in [0.1, 0.15) is 11.5 Å². The van der Waals surface area contributed by atoms with Crippen molar-refractivity contribution in [3.8, 4) is 11.5 Å². The molecule has 0 bridgehead atoms. The summed E-state index contributed by atoms with van der Waals surface area (Å²) in [4.78, 5) is 24.0. The van der Waals surface area contributed by atoms with Crippen LogP contribution in [0.3, 0.4) is 0 Å². The SMILES string of the molecule is O=C(COc1cccc2ccccc12)N/N=C\c1ccc(OC(=O)/C=C/c2ccccc2)cc1. The summed E-state index contributed by atoms with van der Waals surface area (Å²) < 4.78 is 10.9. The summed E-state index contributed by atoms with van der Waals surface area (Å²) >= 11 is 0. The van der Waals surface area contributed by atoms with Crippen molar-refractivity contribution < 1.29 is 19.1 Å². The second-order valence-electron chi connectivity index (χ2n) is 7.29. The predicted molar refractivity (Wildman–Crippen MR) is 133 cm³/mol. The largest absolute Gasteiger partial charge is 0.483 e. The molecule has 6 heteroatoms. The zero-order chi connectivity index (χ0) is 23.6. The highest BCUT2D eigenvalue weighted by Gasteiger charge is 2.05. The van der Waals surface area contributed by atoms with E-state index in [1.165, 1.54) is 12.3 Å². The first-order valence-corrected chi connectivity index (χ1v) is 10.6. The average Bonchev–Trinajstić information content (AvgIpc) is 2.88. The van der Waals surface area contributed by atoms with E-state index in [2.05, 4.69) is 10.5 Å². The molecule has 0 saturated carbocycles. The van der Waals surface area contributed by atoms with Gasteiger partial charge < -0.3 is 9.47 Å². The van der Waals surface area contributed by atoms with Crippen LogP contribution in [0.1, 0.15) is 11.1 Å². The number of amides is 1. The lowest BCUT2D eigenvalue weighted by atomic mass is 10.1. The maximum Gasteiger partial charge on any atom is 0.336 e. The fourth-order valence-corrected chi connectivity index (χ4v) is 3.18. The molecule has 4 rings (SSSR count). The Morgan fingerprint density at radius 3 is 2.35 bits per heavy atom. The van der Waals surface area contributed by atoms with E-state index < -0.39 is 5.97 Å². The molecule has 0 radical (unpaired) electrons. The van der Waals surface area contributed by atoms with Crippen LogP contribution in [0.25, 0.3) is 16.8 Å². The van der Waals surface area contributed by atoms with Crippen LogP contribution in [0.4, 0.5) is 0 Å². The molecular formula is C28H22N2O4. The first-order valence-electron chi connectivity index (χ1n) is 10.6. The molecule has 0 heterocycles. The van der Waals surface area contributed by atoms with Crippen LogP contribution in [-0.2, 0) is 9.59 Å². The zero-order valence-corrected chi connectivity index (χ0v) is 18.3. The highest BCUT2D eigenvalue weighted by Crippen LogP contribution is 2.24. The average molecular weight is 450 g/mol. The molecule has 34 heavy (non-hydrogen) atoms. The number of nitrogens with zero attached hydrogens (tertiary/aromatic N) is 1. The quantitative estimate of drug-likeness (QED) is 0.135. The van der Waals surface area contributed by atoms with E-state index in [1.807, 2.05) is 72.8 Å². The van der Waals surface area contributed by atoms with Gasteiger partial charge in [0.15, 0.2) is 6.61 Å². The molecule has 0 aliphatic carbocycles. The Labute approximate surface area is 197 Å². The first-order chi connectivity index (χ1) is 16.7. The molecule has 4 aromatic carbocycles. The van der Waals surface area contributed by atoms with Gasteiger partial charge in [-0.2, -0.15) is 5.10 Å². The first kappa shape index (κ1) is 22.5. The third kappa shape index (κ3) is 6.40. The Balaban J connectivity index is 1.24. The van der Waals surface area contributed by atoms with Crippen molar-refractivity contribution in [2.75, 3.05) is 6.61 Å². The van der Waals surface area contributed by atoms with Gasteiger partial charge in [-0.3, -0.25) is 4.79 Å². The highest BCUT2D eigenvalue weighted by molar-refractivity contribution is 5.90. The number of nitrogens with one attached hydrogen (secondary N) is 1. The minimum absolute atomic E-state index is 0.156. The van der Waals surface area contributed by atoms with E-state index in [1.54, 1.807) is 30.3 Å². The number of fused-ring (bicyclic) bond motifs is 1. The topological polar surface area (TPSA) is 77.0 Å². The minimum Gasteiger partial charge on any atom is -0.483 e. The number of carbonyl (C=O) groups is 2. The lowest BCUT2D eigenvalue weighted by Crippen LogP contribution is -2.24. The van der Waals surface area contributed by atoms with Gasteiger partial charge in [0.05, 0.1) is 6.21 Å². The second-order valence-corrected chi connectivity index (χ2v) is 7.29. The molecule has 0 spiro atoms. The molecule has 0 unspecified atom stereocenters. The number of rotatable bonds is 8. The maximum absolute atomic E-state index is 12.1. The van der Waals surface area contributed by atoms with Crippen LogP contribution in [0, 0.1) is 0 Å². The van der Waals surface area contributed by atoms with Gasteiger partial charge in [-0.25, -0.2) is 10.2 Å². The molecule has 0 atom stereocenters. The lowest BCUT2D eigenvalue weighted by Gasteiger charge is -2.08. The Hall–Kier alpha value is -4.71. The summed E-state index contributed by atoms with van der Waals surface area (Å²) in [5, 5.41) is 5.93. The van der Waals surface area contributed by atoms with Crippen LogP contribution in [0.15, 0.2) is 108 Å². The number of ether oxygens (including phenoxy) is 2. The molecule has 1 N–H and O–H groups in total. The molecular weight excluding hydrogens is 428 g/mol. The number of carbonyl (C=O) groups excluding carboxylic acids is 2. The van der Waals surface area contributed by atoms with Gasteiger partial charge in [0, 0.05) is 11.5 Å². The number of esters is 1. The minimum atomic E-state index is -0.469. The predicted octanol–water partition coefficient (Wildman–Crippen LogP) is 4.99. The molecule has 168 valence electrons. The number of benzene rings is 4. The van der Waals surface area contributed by atoms with Crippen molar-refractivity contribution in [3.05, 3.63) is 114 Å². The molecule has 1 amide bonds. The fourth-order valence-electron chi connectivity index (χ4n) is 3.18. The van der Waals surface area contributed by atoms with Crippen LogP contribution in [-0.4, -0.2) is 24.7 Å². The van der Waals surface area contributed by atoms with Crippen molar-refractivity contribution in [1.82, 2.24) is 5.43 Å². The van der Waals surface area contributed by atoms with Crippen LogP contribution in [0.2, 0.25) is 0 Å². The molecule has 0 saturated heterocycles. The van der Waals surface area contributed by atoms with Crippen molar-refractivity contribution >= 4 is 34.9 Å². The molecule has 0 aliphatic rings. The van der Waals surface area contributed by atoms with Gasteiger partial charge in [-0.05, 0) is 52.9 Å². The van der Waals surface area contributed by atoms with Crippen LogP contribution >= 0.6 is 0 Å². The Morgan fingerprint density at radius 2 is 1.53 bits per heavy atom. The monoisotopic (exact) mass is 450 g/mol. The molecule has 4 aromatic rings.